The lowest BCUT2D eigenvalue weighted by molar-refractivity contribution is 0.0676. The van der Waals surface area contributed by atoms with Gasteiger partial charge in [0.05, 0.1) is 18.9 Å². The number of methoxy groups -OCH3 is 1. The molecule has 162 valence electrons. The van der Waals surface area contributed by atoms with E-state index in [4.69, 9.17) is 9.15 Å². The van der Waals surface area contributed by atoms with E-state index in [0.717, 1.165) is 17.7 Å². The molecule has 1 unspecified atom stereocenters. The van der Waals surface area contributed by atoms with Gasteiger partial charge in [-0.05, 0) is 65.9 Å². The molecule has 0 saturated carbocycles. The first-order valence-corrected chi connectivity index (χ1v) is 10.8. The molecule has 0 saturated heterocycles. The summed E-state index contributed by atoms with van der Waals surface area (Å²) in [5, 5.41) is 0. The average Bonchev–Trinajstić information content (AvgIpc) is 3.41. The summed E-state index contributed by atoms with van der Waals surface area (Å²) in [6, 6.07) is 22.7. The van der Waals surface area contributed by atoms with Crippen LogP contribution in [0.15, 0.2) is 89.7 Å². The zero-order valence-electron chi connectivity index (χ0n) is 18.2. The minimum Gasteiger partial charge on any atom is -0.495 e. The molecule has 1 atom stereocenters. The number of aromatic nitrogens is 1. The number of carbonyl (C=O) groups excluding carboxylic acids is 1. The van der Waals surface area contributed by atoms with Crippen LogP contribution in [0.25, 0.3) is 0 Å². The Hall–Kier alpha value is -4.30. The molecule has 5 rings (SSSR count). The van der Waals surface area contributed by atoms with Crippen LogP contribution in [-0.2, 0) is 6.42 Å². The van der Waals surface area contributed by atoms with Gasteiger partial charge < -0.3 is 14.1 Å². The monoisotopic (exact) mass is 434 g/mol. The number of hydrogen-bond acceptors (Lipinski definition) is 4. The Balaban J connectivity index is 1.52. The van der Waals surface area contributed by atoms with Crippen molar-refractivity contribution in [2.45, 2.75) is 12.5 Å². The molecular weight excluding hydrogens is 412 g/mol. The van der Waals surface area contributed by atoms with Crippen LogP contribution in [0, 0.1) is 11.8 Å². The molecule has 0 aliphatic carbocycles. The van der Waals surface area contributed by atoms with Gasteiger partial charge in [0.1, 0.15) is 23.2 Å². The second kappa shape index (κ2) is 9.05. The predicted molar refractivity (Wildman–Crippen MR) is 125 cm³/mol. The van der Waals surface area contributed by atoms with Gasteiger partial charge in [-0.3, -0.25) is 4.79 Å². The fraction of sp³-hybridized carbons (Fsp3) is 0.143. The van der Waals surface area contributed by atoms with E-state index in [0.29, 0.717) is 29.1 Å². The van der Waals surface area contributed by atoms with Gasteiger partial charge in [0.15, 0.2) is 0 Å². The summed E-state index contributed by atoms with van der Waals surface area (Å²) in [5.41, 5.74) is 4.18. The maximum Gasteiger partial charge on any atom is 0.254 e. The Kier molecular flexibility index (Phi) is 5.65. The fourth-order valence-electron chi connectivity index (χ4n) is 4.21. The van der Waals surface area contributed by atoms with Crippen LogP contribution in [0.5, 0.6) is 5.75 Å². The smallest absolute Gasteiger partial charge is 0.254 e. The lowest BCUT2D eigenvalue weighted by Gasteiger charge is -2.36. The second-order valence-electron chi connectivity index (χ2n) is 7.75. The average molecular weight is 434 g/mol. The fourth-order valence-corrected chi connectivity index (χ4v) is 4.21. The molecule has 1 aliphatic heterocycles. The normalized spacial score (nSPS) is 14.7. The lowest BCUT2D eigenvalue weighted by Crippen LogP contribution is -2.40. The Morgan fingerprint density at radius 2 is 1.94 bits per heavy atom. The standard InChI is InChI=1S/C28H22N2O3/c1-32-25-14-12-22(19-21(25)11-13-23-8-4-5-16-29-23)28(31)30-17-15-20-7-2-3-9-24(20)27(30)26-10-6-18-33-26/h2-10,12,14,16,18-19,27H,15,17H2,1H3. The van der Waals surface area contributed by atoms with Crippen LogP contribution in [0.1, 0.15) is 44.5 Å². The van der Waals surface area contributed by atoms with Crippen LogP contribution in [0.3, 0.4) is 0 Å². The van der Waals surface area contributed by atoms with Crippen molar-refractivity contribution in [1.82, 2.24) is 9.88 Å². The van der Waals surface area contributed by atoms with Gasteiger partial charge >= 0.3 is 0 Å². The first-order valence-electron chi connectivity index (χ1n) is 10.8. The number of ether oxygens (including phenoxy) is 1. The van der Waals surface area contributed by atoms with Crippen molar-refractivity contribution >= 4 is 5.91 Å². The molecule has 1 aliphatic rings. The number of hydrogen-bond donors (Lipinski definition) is 0. The molecule has 5 heteroatoms. The number of rotatable bonds is 3. The third kappa shape index (κ3) is 4.11. The second-order valence-corrected chi connectivity index (χ2v) is 7.75. The largest absolute Gasteiger partial charge is 0.495 e. The van der Waals surface area contributed by atoms with Crippen molar-refractivity contribution in [2.24, 2.45) is 0 Å². The summed E-state index contributed by atoms with van der Waals surface area (Å²) in [5.74, 6) is 7.44. The lowest BCUT2D eigenvalue weighted by atomic mass is 9.90. The molecule has 0 bridgehead atoms. The first-order chi connectivity index (χ1) is 16.2. The zero-order chi connectivity index (χ0) is 22.6. The van der Waals surface area contributed by atoms with Gasteiger partial charge in [-0.1, -0.05) is 36.3 Å². The number of fused-ring (bicyclic) bond motifs is 1. The molecule has 0 spiro atoms. The molecule has 2 aromatic heterocycles. The van der Waals surface area contributed by atoms with Crippen molar-refractivity contribution < 1.29 is 13.9 Å². The van der Waals surface area contributed by atoms with Crippen LogP contribution in [0.2, 0.25) is 0 Å². The van der Waals surface area contributed by atoms with Gasteiger partial charge in [-0.2, -0.15) is 0 Å². The Bertz CT molecular complexity index is 1330. The third-order valence-corrected chi connectivity index (χ3v) is 5.79. The highest BCUT2D eigenvalue weighted by atomic mass is 16.5. The van der Waals surface area contributed by atoms with Gasteiger partial charge in [-0.25, -0.2) is 4.98 Å². The molecule has 33 heavy (non-hydrogen) atoms. The summed E-state index contributed by atoms with van der Waals surface area (Å²) < 4.78 is 11.2. The molecular formula is C28H22N2O3. The highest BCUT2D eigenvalue weighted by Crippen LogP contribution is 2.36. The zero-order valence-corrected chi connectivity index (χ0v) is 18.2. The van der Waals surface area contributed by atoms with E-state index < -0.39 is 0 Å². The van der Waals surface area contributed by atoms with Gasteiger partial charge in [0.25, 0.3) is 5.91 Å². The topological polar surface area (TPSA) is 55.6 Å². The molecule has 0 radical (unpaired) electrons. The SMILES string of the molecule is COc1ccc(C(=O)N2CCc3ccccc3C2c2ccco2)cc1C#Cc1ccccn1. The van der Waals surface area contributed by atoms with Crippen molar-refractivity contribution in [3.8, 4) is 17.6 Å². The van der Waals surface area contributed by atoms with E-state index >= 15 is 0 Å². The molecule has 4 aromatic rings. The number of nitrogens with zero attached hydrogens (tertiary/aromatic N) is 2. The Labute approximate surface area is 192 Å². The Morgan fingerprint density at radius 1 is 1.06 bits per heavy atom. The van der Waals surface area contributed by atoms with Crippen molar-refractivity contribution in [1.29, 1.82) is 0 Å². The van der Waals surface area contributed by atoms with Crippen molar-refractivity contribution in [2.75, 3.05) is 13.7 Å². The van der Waals surface area contributed by atoms with Gasteiger partial charge in [0.2, 0.25) is 0 Å². The highest BCUT2D eigenvalue weighted by molar-refractivity contribution is 5.95. The van der Waals surface area contributed by atoms with Crippen LogP contribution >= 0.6 is 0 Å². The van der Waals surface area contributed by atoms with E-state index in [1.165, 1.54) is 5.56 Å². The molecule has 1 amide bonds. The summed E-state index contributed by atoms with van der Waals surface area (Å²) >= 11 is 0. The maximum atomic E-state index is 13.7. The summed E-state index contributed by atoms with van der Waals surface area (Å²) in [4.78, 5) is 19.8. The summed E-state index contributed by atoms with van der Waals surface area (Å²) in [6.45, 7) is 0.599. The van der Waals surface area contributed by atoms with Gasteiger partial charge in [0, 0.05) is 18.3 Å². The number of amides is 1. The molecule has 3 heterocycles. The van der Waals surface area contributed by atoms with E-state index in [1.807, 2.05) is 47.4 Å². The van der Waals surface area contributed by atoms with Gasteiger partial charge in [-0.15, -0.1) is 0 Å². The van der Waals surface area contributed by atoms with Crippen LogP contribution in [-0.4, -0.2) is 29.4 Å². The van der Waals surface area contributed by atoms with E-state index in [2.05, 4.69) is 29.0 Å². The first kappa shape index (κ1) is 20.6. The number of benzene rings is 2. The van der Waals surface area contributed by atoms with E-state index in [9.17, 15) is 4.79 Å². The highest BCUT2D eigenvalue weighted by Gasteiger charge is 2.34. The van der Waals surface area contributed by atoms with E-state index in [1.54, 1.807) is 37.8 Å². The minimum absolute atomic E-state index is 0.0746. The number of pyridine rings is 1. The van der Waals surface area contributed by atoms with Crippen LogP contribution in [0.4, 0.5) is 0 Å². The van der Waals surface area contributed by atoms with Crippen LogP contribution < -0.4 is 4.74 Å². The molecule has 0 N–H and O–H groups in total. The molecule has 0 fully saturated rings. The summed E-state index contributed by atoms with van der Waals surface area (Å²) in [6.07, 6.45) is 4.14. The summed E-state index contributed by atoms with van der Waals surface area (Å²) in [7, 11) is 1.59. The van der Waals surface area contributed by atoms with Crippen molar-refractivity contribution in [3.63, 3.8) is 0 Å². The minimum atomic E-state index is -0.275. The van der Waals surface area contributed by atoms with E-state index in [-0.39, 0.29) is 11.9 Å². The third-order valence-electron chi connectivity index (χ3n) is 5.79. The number of furan rings is 1. The molecule has 2 aromatic carbocycles. The number of carbonyl (C=O) groups is 1. The molecule has 5 nitrogen and oxygen atoms in total. The quantitative estimate of drug-likeness (QED) is 0.432. The maximum absolute atomic E-state index is 13.7. The Morgan fingerprint density at radius 3 is 2.73 bits per heavy atom. The predicted octanol–water partition coefficient (Wildman–Crippen LogP) is 4.87. The van der Waals surface area contributed by atoms with Crippen molar-refractivity contribution in [3.05, 3.63) is 119 Å².